The molecule has 1 amide bonds. The predicted octanol–water partition coefficient (Wildman–Crippen LogP) is 3.95. The zero-order valence-corrected chi connectivity index (χ0v) is 14.1. The highest BCUT2D eigenvalue weighted by Gasteiger charge is 2.46. The van der Waals surface area contributed by atoms with E-state index < -0.39 is 17.7 Å². The van der Waals surface area contributed by atoms with Gasteiger partial charge in [-0.1, -0.05) is 66.2 Å². The molecule has 25 heavy (non-hydrogen) atoms. The van der Waals surface area contributed by atoms with E-state index in [4.69, 9.17) is 11.6 Å². The molecule has 1 N–H and O–H groups in total. The normalized spacial score (nSPS) is 19.2. The summed E-state index contributed by atoms with van der Waals surface area (Å²) in [6, 6.07) is 14.9. The van der Waals surface area contributed by atoms with Crippen molar-refractivity contribution in [1.82, 2.24) is 4.90 Å². The molecule has 0 bridgehead atoms. The van der Waals surface area contributed by atoms with Gasteiger partial charge in [-0.25, -0.2) is 0 Å². The summed E-state index contributed by atoms with van der Waals surface area (Å²) in [5, 5.41) is 11.1. The van der Waals surface area contributed by atoms with Crippen molar-refractivity contribution in [2.75, 3.05) is 6.54 Å². The van der Waals surface area contributed by atoms with E-state index in [9.17, 15) is 14.7 Å². The van der Waals surface area contributed by atoms with Crippen LogP contribution in [0.5, 0.6) is 0 Å². The Morgan fingerprint density at radius 3 is 2.40 bits per heavy atom. The van der Waals surface area contributed by atoms with E-state index in [0.29, 0.717) is 16.1 Å². The number of hydrogen-bond donors (Lipinski definition) is 1. The van der Waals surface area contributed by atoms with Crippen LogP contribution in [0.2, 0.25) is 5.02 Å². The number of nitrogens with zero attached hydrogens (tertiary/aromatic N) is 1. The van der Waals surface area contributed by atoms with E-state index in [1.54, 1.807) is 54.6 Å². The zero-order valence-electron chi connectivity index (χ0n) is 13.4. The first-order valence-electron chi connectivity index (χ1n) is 7.75. The van der Waals surface area contributed by atoms with Gasteiger partial charge in [0, 0.05) is 17.1 Å². The Morgan fingerprint density at radius 2 is 1.76 bits per heavy atom. The summed E-state index contributed by atoms with van der Waals surface area (Å²) < 4.78 is 0. The van der Waals surface area contributed by atoms with Gasteiger partial charge in [-0.15, -0.1) is 6.58 Å². The molecule has 0 radical (unpaired) electrons. The Labute approximate surface area is 150 Å². The van der Waals surface area contributed by atoms with Crippen LogP contribution in [0.3, 0.4) is 0 Å². The van der Waals surface area contributed by atoms with Gasteiger partial charge in [0.25, 0.3) is 11.7 Å². The van der Waals surface area contributed by atoms with Crippen molar-refractivity contribution in [3.05, 3.63) is 89.0 Å². The highest BCUT2D eigenvalue weighted by Crippen LogP contribution is 2.41. The maximum Gasteiger partial charge on any atom is 0.295 e. The second kappa shape index (κ2) is 6.95. The van der Waals surface area contributed by atoms with Crippen LogP contribution in [0.25, 0.3) is 5.76 Å². The fourth-order valence-corrected chi connectivity index (χ4v) is 3.22. The van der Waals surface area contributed by atoms with Crippen LogP contribution in [0, 0.1) is 0 Å². The molecule has 2 aromatic carbocycles. The first kappa shape index (κ1) is 17.0. The Morgan fingerprint density at radius 1 is 1.12 bits per heavy atom. The molecule has 0 aliphatic carbocycles. The van der Waals surface area contributed by atoms with Gasteiger partial charge >= 0.3 is 0 Å². The van der Waals surface area contributed by atoms with Gasteiger partial charge < -0.3 is 10.0 Å². The maximum atomic E-state index is 12.6. The van der Waals surface area contributed by atoms with Crippen LogP contribution < -0.4 is 0 Å². The first-order valence-corrected chi connectivity index (χ1v) is 8.13. The first-order chi connectivity index (χ1) is 12.1. The topological polar surface area (TPSA) is 57.6 Å². The fraction of sp³-hybridized carbons (Fsp3) is 0.100. The molecule has 3 rings (SSSR count). The number of benzene rings is 2. The van der Waals surface area contributed by atoms with Crippen molar-refractivity contribution in [2.45, 2.75) is 6.04 Å². The number of Topliss-reactive ketones (excluding diaryl/α,β-unsaturated/α-hetero) is 1. The van der Waals surface area contributed by atoms with E-state index in [1.165, 1.54) is 11.0 Å². The summed E-state index contributed by atoms with van der Waals surface area (Å²) in [5.74, 6) is -1.62. The molecule has 126 valence electrons. The fourth-order valence-electron chi connectivity index (χ4n) is 2.98. The van der Waals surface area contributed by atoms with Crippen LogP contribution in [0.15, 0.2) is 72.8 Å². The second-order valence-electron chi connectivity index (χ2n) is 5.63. The summed E-state index contributed by atoms with van der Waals surface area (Å²) in [4.78, 5) is 26.5. The number of amides is 1. The van der Waals surface area contributed by atoms with Crippen LogP contribution in [-0.4, -0.2) is 28.2 Å². The molecule has 1 aliphatic rings. The third-order valence-corrected chi connectivity index (χ3v) is 4.46. The molecule has 1 fully saturated rings. The Bertz CT molecular complexity index is 874. The summed E-state index contributed by atoms with van der Waals surface area (Å²) in [6.07, 6.45) is 1.54. The van der Waals surface area contributed by atoms with Crippen LogP contribution in [0.4, 0.5) is 0 Å². The van der Waals surface area contributed by atoms with E-state index in [2.05, 4.69) is 6.58 Å². The SMILES string of the molecule is C=CCN1C(=O)C(=O)C(=C(O)c2ccccc2)[C@H]1c1ccccc1Cl. The van der Waals surface area contributed by atoms with E-state index in [0.717, 1.165) is 0 Å². The largest absolute Gasteiger partial charge is 0.507 e. The van der Waals surface area contributed by atoms with Gasteiger partial charge in [-0.2, -0.15) is 0 Å². The highest BCUT2D eigenvalue weighted by atomic mass is 35.5. The summed E-state index contributed by atoms with van der Waals surface area (Å²) in [5.41, 5.74) is 1.09. The quantitative estimate of drug-likeness (QED) is 0.392. The predicted molar refractivity (Wildman–Crippen MR) is 97.1 cm³/mol. The lowest BCUT2D eigenvalue weighted by molar-refractivity contribution is -0.139. The van der Waals surface area contributed by atoms with E-state index in [-0.39, 0.29) is 17.9 Å². The number of halogens is 1. The standard InChI is InChI=1S/C20H16ClNO3/c1-2-12-22-17(14-10-6-7-11-15(14)21)16(19(24)20(22)25)18(23)13-8-4-3-5-9-13/h2-11,17,23H,1,12H2/t17-/m1/s1. The van der Waals surface area contributed by atoms with Gasteiger partial charge in [0.2, 0.25) is 0 Å². The Kier molecular flexibility index (Phi) is 4.72. The average molecular weight is 354 g/mol. The van der Waals surface area contributed by atoms with Crippen LogP contribution >= 0.6 is 11.6 Å². The maximum absolute atomic E-state index is 12.6. The number of carbonyl (C=O) groups is 2. The minimum Gasteiger partial charge on any atom is -0.507 e. The molecule has 1 atom stereocenters. The number of aliphatic hydroxyl groups excluding tert-OH is 1. The summed E-state index contributed by atoms with van der Waals surface area (Å²) in [6.45, 7) is 3.82. The smallest absolute Gasteiger partial charge is 0.295 e. The number of ketones is 1. The van der Waals surface area contributed by atoms with Gasteiger partial charge in [-0.05, 0) is 11.6 Å². The lowest BCUT2D eigenvalue weighted by Gasteiger charge is -2.24. The summed E-state index contributed by atoms with van der Waals surface area (Å²) in [7, 11) is 0. The van der Waals surface area contributed by atoms with Crippen LogP contribution in [-0.2, 0) is 9.59 Å². The van der Waals surface area contributed by atoms with Crippen molar-refractivity contribution in [2.24, 2.45) is 0 Å². The van der Waals surface area contributed by atoms with Crippen molar-refractivity contribution in [1.29, 1.82) is 0 Å². The highest BCUT2D eigenvalue weighted by molar-refractivity contribution is 6.47. The number of hydrogen-bond acceptors (Lipinski definition) is 3. The number of aliphatic hydroxyl groups is 1. The molecule has 0 spiro atoms. The van der Waals surface area contributed by atoms with Gasteiger partial charge in [-0.3, -0.25) is 9.59 Å². The molecule has 0 saturated carbocycles. The molecular weight excluding hydrogens is 338 g/mol. The number of likely N-dealkylation sites (tertiary alicyclic amines) is 1. The molecule has 1 heterocycles. The molecule has 1 aliphatic heterocycles. The monoisotopic (exact) mass is 353 g/mol. The van der Waals surface area contributed by atoms with Crippen molar-refractivity contribution < 1.29 is 14.7 Å². The number of carbonyl (C=O) groups excluding carboxylic acids is 2. The lowest BCUT2D eigenvalue weighted by Crippen LogP contribution is -2.29. The van der Waals surface area contributed by atoms with Gasteiger partial charge in [0.05, 0.1) is 11.6 Å². The molecule has 1 saturated heterocycles. The number of rotatable bonds is 4. The average Bonchev–Trinajstić information content (AvgIpc) is 2.87. The molecule has 0 aromatic heterocycles. The molecule has 0 unspecified atom stereocenters. The van der Waals surface area contributed by atoms with Crippen LogP contribution in [0.1, 0.15) is 17.2 Å². The van der Waals surface area contributed by atoms with Crippen molar-refractivity contribution in [3.8, 4) is 0 Å². The third kappa shape index (κ3) is 2.96. The second-order valence-corrected chi connectivity index (χ2v) is 6.03. The third-order valence-electron chi connectivity index (χ3n) is 4.11. The van der Waals surface area contributed by atoms with Crippen molar-refractivity contribution in [3.63, 3.8) is 0 Å². The summed E-state index contributed by atoms with van der Waals surface area (Å²) >= 11 is 6.30. The van der Waals surface area contributed by atoms with Gasteiger partial charge in [0.1, 0.15) is 5.76 Å². The van der Waals surface area contributed by atoms with E-state index >= 15 is 0 Å². The zero-order chi connectivity index (χ0) is 18.0. The minimum atomic E-state index is -0.757. The Balaban J connectivity index is 2.24. The minimum absolute atomic E-state index is 0.0335. The lowest BCUT2D eigenvalue weighted by atomic mass is 9.95. The van der Waals surface area contributed by atoms with Crippen molar-refractivity contribution >= 4 is 29.1 Å². The molecular formula is C20H16ClNO3. The van der Waals surface area contributed by atoms with E-state index in [1.807, 2.05) is 0 Å². The Hall–Kier alpha value is -2.85. The molecule has 4 nitrogen and oxygen atoms in total. The molecule has 5 heteroatoms. The van der Waals surface area contributed by atoms with Gasteiger partial charge in [0.15, 0.2) is 0 Å². The molecule has 2 aromatic rings.